The minimum atomic E-state index is -3.70. The Balaban J connectivity index is 1.47. The van der Waals surface area contributed by atoms with Crippen molar-refractivity contribution in [3.8, 4) is 0 Å². The summed E-state index contributed by atoms with van der Waals surface area (Å²) in [6, 6.07) is 7.35. The highest BCUT2D eigenvalue weighted by molar-refractivity contribution is 7.89. The molecule has 8 nitrogen and oxygen atoms in total. The quantitative estimate of drug-likeness (QED) is 0.644. The molecular weight excluding hydrogens is 440 g/mol. The lowest BCUT2D eigenvalue weighted by atomic mass is 9.95. The summed E-state index contributed by atoms with van der Waals surface area (Å²) in [5.74, 6) is 0.151. The van der Waals surface area contributed by atoms with Gasteiger partial charge in [-0.2, -0.15) is 0 Å². The van der Waals surface area contributed by atoms with Crippen molar-refractivity contribution in [2.75, 3.05) is 25.0 Å². The molecular formula is C24H32N4O4S. The number of aryl methyl sites for hydroxylation is 4. The molecule has 1 fully saturated rings. The number of piperidine rings is 1. The largest absolute Gasteiger partial charge is 0.343 e. The minimum absolute atomic E-state index is 0.0351. The van der Waals surface area contributed by atoms with Crippen LogP contribution in [-0.4, -0.2) is 49.8 Å². The molecule has 178 valence electrons. The molecule has 0 unspecified atom stereocenters. The fourth-order valence-corrected chi connectivity index (χ4v) is 5.82. The predicted molar refractivity (Wildman–Crippen MR) is 127 cm³/mol. The number of nitrogens with zero attached hydrogens (tertiary/aromatic N) is 2. The second-order valence-electron chi connectivity index (χ2n) is 8.74. The standard InChI is InChI=1S/C24H32N4O4S/c1-16-5-9-25-21(15-16)27-24(30)20-7-11-28(12-8-20)22(29)6-10-26-33(31,32)23-18(3)13-17(2)14-19(23)4/h5,9,13-15,20,26H,6-8,10-12H2,1-4H3,(H,25,27,30). The average molecular weight is 473 g/mol. The molecule has 33 heavy (non-hydrogen) atoms. The highest BCUT2D eigenvalue weighted by atomic mass is 32.2. The zero-order valence-corrected chi connectivity index (χ0v) is 20.5. The molecule has 0 atom stereocenters. The zero-order chi connectivity index (χ0) is 24.2. The van der Waals surface area contributed by atoms with Gasteiger partial charge in [-0.15, -0.1) is 0 Å². The number of nitrogens with one attached hydrogen (secondary N) is 2. The number of sulfonamides is 1. The number of benzene rings is 1. The van der Waals surface area contributed by atoms with E-state index in [2.05, 4.69) is 15.0 Å². The summed E-state index contributed by atoms with van der Waals surface area (Å²) in [6.07, 6.45) is 2.86. The van der Waals surface area contributed by atoms with Crippen molar-refractivity contribution < 1.29 is 18.0 Å². The maximum Gasteiger partial charge on any atom is 0.241 e. The molecule has 2 N–H and O–H groups in total. The van der Waals surface area contributed by atoms with Crippen LogP contribution in [0.4, 0.5) is 5.82 Å². The van der Waals surface area contributed by atoms with Crippen molar-refractivity contribution in [2.45, 2.75) is 51.9 Å². The Labute approximate surface area is 195 Å². The Morgan fingerprint density at radius 1 is 1.03 bits per heavy atom. The number of rotatable bonds is 7. The van der Waals surface area contributed by atoms with Gasteiger partial charge in [0.2, 0.25) is 21.8 Å². The topological polar surface area (TPSA) is 108 Å². The number of pyridine rings is 1. The van der Waals surface area contributed by atoms with E-state index in [1.807, 2.05) is 38.1 Å². The first-order valence-electron chi connectivity index (χ1n) is 11.2. The third-order valence-electron chi connectivity index (χ3n) is 5.89. The van der Waals surface area contributed by atoms with E-state index >= 15 is 0 Å². The molecule has 0 bridgehead atoms. The van der Waals surface area contributed by atoms with Crippen LogP contribution in [0.2, 0.25) is 0 Å². The number of hydrogen-bond donors (Lipinski definition) is 2. The first-order valence-corrected chi connectivity index (χ1v) is 12.6. The average Bonchev–Trinajstić information content (AvgIpc) is 2.72. The maximum absolute atomic E-state index is 12.7. The normalized spacial score (nSPS) is 14.8. The number of carbonyl (C=O) groups excluding carboxylic acids is 2. The summed E-state index contributed by atoms with van der Waals surface area (Å²) in [7, 11) is -3.70. The molecule has 3 rings (SSSR count). The van der Waals surface area contributed by atoms with Crippen LogP contribution in [-0.2, 0) is 19.6 Å². The lowest BCUT2D eigenvalue weighted by Gasteiger charge is -2.31. The van der Waals surface area contributed by atoms with Crippen molar-refractivity contribution in [1.82, 2.24) is 14.6 Å². The van der Waals surface area contributed by atoms with Gasteiger partial charge in [0.05, 0.1) is 4.90 Å². The van der Waals surface area contributed by atoms with Crippen LogP contribution in [0.25, 0.3) is 0 Å². The highest BCUT2D eigenvalue weighted by Crippen LogP contribution is 2.22. The smallest absolute Gasteiger partial charge is 0.241 e. The van der Waals surface area contributed by atoms with Crippen LogP contribution < -0.4 is 10.0 Å². The van der Waals surface area contributed by atoms with Crippen LogP contribution in [0.1, 0.15) is 41.5 Å². The first kappa shape index (κ1) is 24.9. The number of hydrogen-bond acceptors (Lipinski definition) is 5. The van der Waals surface area contributed by atoms with Crippen molar-refractivity contribution >= 4 is 27.7 Å². The Kier molecular flexibility index (Phi) is 7.86. The number of amides is 2. The molecule has 9 heteroatoms. The fourth-order valence-electron chi connectivity index (χ4n) is 4.34. The summed E-state index contributed by atoms with van der Waals surface area (Å²) in [4.78, 5) is 31.2. The summed E-state index contributed by atoms with van der Waals surface area (Å²) >= 11 is 0. The van der Waals surface area contributed by atoms with Crippen LogP contribution in [0.15, 0.2) is 35.4 Å². The van der Waals surface area contributed by atoms with Crippen molar-refractivity contribution in [1.29, 1.82) is 0 Å². The van der Waals surface area contributed by atoms with E-state index < -0.39 is 10.0 Å². The number of likely N-dealkylation sites (tertiary alicyclic amines) is 1. The van der Waals surface area contributed by atoms with Crippen molar-refractivity contribution in [2.24, 2.45) is 5.92 Å². The van der Waals surface area contributed by atoms with Gasteiger partial charge in [-0.1, -0.05) is 17.7 Å². The summed E-state index contributed by atoms with van der Waals surface area (Å²) in [6.45, 7) is 8.39. The third kappa shape index (κ3) is 6.39. The second-order valence-corrected chi connectivity index (χ2v) is 10.4. The van der Waals surface area contributed by atoms with Crippen LogP contribution in [0.5, 0.6) is 0 Å². The molecule has 0 spiro atoms. The maximum atomic E-state index is 12.7. The molecule has 1 aliphatic rings. The molecule has 0 aliphatic carbocycles. The lowest BCUT2D eigenvalue weighted by molar-refractivity contribution is -0.134. The van der Waals surface area contributed by atoms with Gasteiger partial charge in [0.15, 0.2) is 0 Å². The van der Waals surface area contributed by atoms with E-state index in [0.29, 0.717) is 42.9 Å². The van der Waals surface area contributed by atoms with E-state index in [1.165, 1.54) is 0 Å². The molecule has 1 aromatic carbocycles. The van der Waals surface area contributed by atoms with Gasteiger partial charge in [-0.05, 0) is 69.4 Å². The van der Waals surface area contributed by atoms with Crippen LogP contribution >= 0.6 is 0 Å². The van der Waals surface area contributed by atoms with E-state index in [1.54, 1.807) is 24.9 Å². The summed E-state index contributed by atoms with van der Waals surface area (Å²) < 4.78 is 28.1. The Hall–Kier alpha value is -2.78. The molecule has 1 aliphatic heterocycles. The van der Waals surface area contributed by atoms with Gasteiger partial charge in [0.1, 0.15) is 5.82 Å². The van der Waals surface area contributed by atoms with E-state index in [0.717, 1.165) is 11.1 Å². The van der Waals surface area contributed by atoms with Crippen LogP contribution in [0, 0.1) is 33.6 Å². The van der Waals surface area contributed by atoms with Gasteiger partial charge in [-0.3, -0.25) is 9.59 Å². The lowest BCUT2D eigenvalue weighted by Crippen LogP contribution is -2.42. The first-order chi connectivity index (χ1) is 15.6. The molecule has 0 saturated carbocycles. The van der Waals surface area contributed by atoms with Gasteiger partial charge in [0.25, 0.3) is 0 Å². The molecule has 2 amide bonds. The minimum Gasteiger partial charge on any atom is -0.343 e. The van der Waals surface area contributed by atoms with Gasteiger partial charge < -0.3 is 10.2 Å². The SMILES string of the molecule is Cc1ccnc(NC(=O)C2CCN(C(=O)CCNS(=O)(=O)c3c(C)cc(C)cc3C)CC2)c1. The Morgan fingerprint density at radius 3 is 2.27 bits per heavy atom. The Morgan fingerprint density at radius 2 is 1.67 bits per heavy atom. The number of anilines is 1. The summed E-state index contributed by atoms with van der Waals surface area (Å²) in [5, 5.41) is 2.85. The van der Waals surface area contributed by atoms with Gasteiger partial charge >= 0.3 is 0 Å². The fraction of sp³-hybridized carbons (Fsp3) is 0.458. The van der Waals surface area contributed by atoms with Gasteiger partial charge in [-0.25, -0.2) is 18.1 Å². The van der Waals surface area contributed by atoms with Gasteiger partial charge in [0, 0.05) is 38.2 Å². The van der Waals surface area contributed by atoms with E-state index in [4.69, 9.17) is 0 Å². The van der Waals surface area contributed by atoms with Crippen molar-refractivity contribution in [3.05, 3.63) is 52.7 Å². The molecule has 2 heterocycles. The predicted octanol–water partition coefficient (Wildman–Crippen LogP) is 2.86. The third-order valence-corrected chi connectivity index (χ3v) is 7.66. The molecule has 1 saturated heterocycles. The Bertz CT molecular complexity index is 1120. The highest BCUT2D eigenvalue weighted by Gasteiger charge is 2.28. The summed E-state index contributed by atoms with van der Waals surface area (Å²) in [5.41, 5.74) is 3.40. The van der Waals surface area contributed by atoms with Crippen LogP contribution in [0.3, 0.4) is 0 Å². The molecule has 0 radical (unpaired) electrons. The van der Waals surface area contributed by atoms with Crippen molar-refractivity contribution in [3.63, 3.8) is 0 Å². The number of carbonyl (C=O) groups is 2. The second kappa shape index (κ2) is 10.4. The zero-order valence-electron chi connectivity index (χ0n) is 19.6. The van der Waals surface area contributed by atoms with E-state index in [-0.39, 0.29) is 35.6 Å². The number of aromatic nitrogens is 1. The molecule has 1 aromatic heterocycles. The molecule has 2 aromatic rings. The monoisotopic (exact) mass is 472 g/mol. The van der Waals surface area contributed by atoms with E-state index in [9.17, 15) is 18.0 Å².